The minimum absolute atomic E-state index is 1.04. The summed E-state index contributed by atoms with van der Waals surface area (Å²) in [7, 11) is 0. The van der Waals surface area contributed by atoms with Crippen molar-refractivity contribution >= 4 is 127 Å². The molecule has 0 unspecified atom stereocenters. The lowest BCUT2D eigenvalue weighted by Gasteiger charge is -2.35. The Hall–Kier alpha value is -8.28. The number of allylic oxidation sites excluding steroid dienone is 3. The summed E-state index contributed by atoms with van der Waals surface area (Å²) in [6.07, 6.45) is 6.81. The van der Waals surface area contributed by atoms with Crippen molar-refractivity contribution < 1.29 is 0 Å². The van der Waals surface area contributed by atoms with Crippen LogP contribution in [0.4, 0.5) is 28.4 Å². The normalized spacial score (nSPS) is 14.3. The van der Waals surface area contributed by atoms with Gasteiger partial charge in [0.15, 0.2) is 0 Å². The first-order valence-corrected chi connectivity index (χ1v) is 26.6. The van der Waals surface area contributed by atoms with Gasteiger partial charge >= 0.3 is 0 Å². The molecule has 3 aliphatic rings. The van der Waals surface area contributed by atoms with Crippen LogP contribution in [0.2, 0.25) is 0 Å². The molecule has 13 aromatic carbocycles. The Balaban J connectivity index is 1.06. The van der Waals surface area contributed by atoms with Crippen LogP contribution in [0.5, 0.6) is 0 Å². The van der Waals surface area contributed by atoms with E-state index in [2.05, 4.69) is 240 Å². The number of thioether (sulfide) groups is 1. The molecule has 0 saturated heterocycles. The summed E-state index contributed by atoms with van der Waals surface area (Å²) >= 11 is 3.79. The van der Waals surface area contributed by atoms with Gasteiger partial charge in [-0.1, -0.05) is 181 Å². The largest absolute Gasteiger partial charge is 0.309 e. The fourth-order valence-electron chi connectivity index (χ4n) is 12.5. The number of rotatable bonds is 4. The van der Waals surface area contributed by atoms with Crippen LogP contribution < -0.4 is 9.80 Å². The molecule has 1 aliphatic carbocycles. The molecular weight excluding hydrogens is 909 g/mol. The minimum atomic E-state index is 1.04. The van der Waals surface area contributed by atoms with Crippen molar-refractivity contribution in [1.82, 2.24) is 0 Å². The highest BCUT2D eigenvalue weighted by Crippen LogP contribution is 2.56. The van der Waals surface area contributed by atoms with Gasteiger partial charge in [0, 0.05) is 31.0 Å². The summed E-state index contributed by atoms with van der Waals surface area (Å²) in [5.41, 5.74) is 12.1. The number of hydrogen-bond acceptors (Lipinski definition) is 4. The molecule has 4 heteroatoms. The van der Waals surface area contributed by atoms with Gasteiger partial charge in [0.25, 0.3) is 0 Å². The lowest BCUT2D eigenvalue weighted by atomic mass is 9.82. The van der Waals surface area contributed by atoms with Gasteiger partial charge in [0.1, 0.15) is 0 Å². The number of nitrogens with zero attached hydrogens (tertiary/aromatic N) is 2. The first-order chi connectivity index (χ1) is 35.7. The SMILES string of the molecule is C1=CC2=C(CC1)Sc1ccccc1N2c1ccc2c(-c3ccc4ccccc4c3)c3cc(N4c5ccccc5Sc5ccccc54)ccc3c(-c3ccc4c5cccc6cccc(c7cccc3c74)c65)c2c1. The van der Waals surface area contributed by atoms with Crippen LogP contribution in [0.3, 0.4) is 0 Å². The monoisotopic (exact) mass is 950 g/mol. The zero-order valence-corrected chi connectivity index (χ0v) is 40.7. The summed E-state index contributed by atoms with van der Waals surface area (Å²) < 4.78 is 0. The number of hydrogen-bond donors (Lipinski definition) is 0. The fraction of sp³-hybridized carbons (Fsp3) is 0.0294. The molecule has 13 aromatic rings. The maximum Gasteiger partial charge on any atom is 0.0601 e. The molecule has 16 rings (SSSR count). The molecular formula is C68H42N2S2. The average Bonchev–Trinajstić information content (AvgIpc) is 3.44. The first-order valence-electron chi connectivity index (χ1n) is 25.0. The average molecular weight is 951 g/mol. The zero-order chi connectivity index (χ0) is 47.0. The standard InChI is InChI=1S/C68H42N2S2/c1-2-15-43-38-44(31-30-41(43)14-1)66-53-34-32-46(70-59-24-5-9-28-63(59)72-64-29-10-6-25-60(64)70)40-56(53)68(52-37-36-51-48-19-12-17-42-16-11-18-47(65(42)48)49-20-13-21-50(52)67(49)51)54-35-33-45(39-55(54)66)69-57-22-3-7-26-61(57)71-62-27-8-4-23-58(62)69/h1-9,11-28,30-40H,10,29H2. The maximum atomic E-state index is 2.53. The van der Waals surface area contributed by atoms with E-state index < -0.39 is 0 Å². The minimum Gasteiger partial charge on any atom is -0.309 e. The lowest BCUT2D eigenvalue weighted by Crippen LogP contribution is -2.21. The van der Waals surface area contributed by atoms with Gasteiger partial charge in [-0.3, -0.25) is 0 Å². The Kier molecular flexibility index (Phi) is 8.77. The van der Waals surface area contributed by atoms with Gasteiger partial charge in [-0.15, -0.1) is 0 Å². The van der Waals surface area contributed by atoms with Crippen molar-refractivity contribution in [3.63, 3.8) is 0 Å². The Morgan fingerprint density at radius 3 is 1.62 bits per heavy atom. The van der Waals surface area contributed by atoms with Crippen LogP contribution in [0.25, 0.3) is 97.7 Å². The molecule has 336 valence electrons. The highest BCUT2D eigenvalue weighted by atomic mass is 32.2. The van der Waals surface area contributed by atoms with E-state index in [1.807, 2.05) is 23.5 Å². The first kappa shape index (κ1) is 40.4. The summed E-state index contributed by atoms with van der Waals surface area (Å²) in [5.74, 6) is 0. The second-order valence-electron chi connectivity index (χ2n) is 19.4. The molecule has 2 nitrogen and oxygen atoms in total. The molecule has 0 bridgehead atoms. The van der Waals surface area contributed by atoms with E-state index in [4.69, 9.17) is 0 Å². The molecule has 0 spiro atoms. The maximum absolute atomic E-state index is 2.53. The van der Waals surface area contributed by atoms with Gasteiger partial charge in [-0.05, 0) is 183 Å². The smallest absolute Gasteiger partial charge is 0.0601 e. The van der Waals surface area contributed by atoms with Crippen LogP contribution in [-0.2, 0) is 0 Å². The second kappa shape index (κ2) is 15.6. The third kappa shape index (κ3) is 5.88. The molecule has 0 atom stereocenters. The van der Waals surface area contributed by atoms with Gasteiger partial charge < -0.3 is 9.80 Å². The molecule has 72 heavy (non-hydrogen) atoms. The van der Waals surface area contributed by atoms with E-state index in [1.54, 1.807) is 0 Å². The predicted molar refractivity (Wildman–Crippen MR) is 310 cm³/mol. The quantitative estimate of drug-likeness (QED) is 0.128. The highest BCUT2D eigenvalue weighted by molar-refractivity contribution is 8.03. The third-order valence-corrected chi connectivity index (χ3v) is 17.9. The molecule has 0 saturated carbocycles. The molecule has 0 aromatic heterocycles. The lowest BCUT2D eigenvalue weighted by molar-refractivity contribution is 0.969. The molecule has 2 aliphatic heterocycles. The molecule has 2 heterocycles. The van der Waals surface area contributed by atoms with Crippen LogP contribution >= 0.6 is 23.5 Å². The summed E-state index contributed by atoms with van der Waals surface area (Å²) in [4.78, 5) is 10.2. The number of anilines is 5. The molecule has 0 radical (unpaired) electrons. The number of para-hydroxylation sites is 3. The zero-order valence-electron chi connectivity index (χ0n) is 39.1. The Morgan fingerprint density at radius 2 is 0.889 bits per heavy atom. The molecule has 0 fully saturated rings. The predicted octanol–water partition coefficient (Wildman–Crippen LogP) is 20.3. The van der Waals surface area contributed by atoms with E-state index in [9.17, 15) is 0 Å². The second-order valence-corrected chi connectivity index (χ2v) is 21.6. The molecule has 0 amide bonds. The number of benzene rings is 13. The van der Waals surface area contributed by atoms with Crippen molar-refractivity contribution in [2.45, 2.75) is 27.5 Å². The van der Waals surface area contributed by atoms with Crippen LogP contribution in [-0.4, -0.2) is 0 Å². The molecule has 0 N–H and O–H groups in total. The van der Waals surface area contributed by atoms with Gasteiger partial charge in [0.2, 0.25) is 0 Å². The summed E-state index contributed by atoms with van der Waals surface area (Å²) in [6, 6.07) is 82.6. The topological polar surface area (TPSA) is 6.48 Å². The van der Waals surface area contributed by atoms with Gasteiger partial charge in [-0.2, -0.15) is 0 Å². The van der Waals surface area contributed by atoms with Crippen LogP contribution in [0, 0.1) is 0 Å². The third-order valence-electron chi connectivity index (χ3n) is 15.5. The van der Waals surface area contributed by atoms with Crippen LogP contribution in [0.15, 0.2) is 256 Å². The van der Waals surface area contributed by atoms with E-state index >= 15 is 0 Å². The number of fused-ring (bicyclic) bond motifs is 8. The van der Waals surface area contributed by atoms with Crippen molar-refractivity contribution in [3.8, 4) is 22.3 Å². The van der Waals surface area contributed by atoms with Gasteiger partial charge in [0.05, 0.1) is 22.8 Å². The van der Waals surface area contributed by atoms with Gasteiger partial charge in [-0.25, -0.2) is 0 Å². The van der Waals surface area contributed by atoms with E-state index in [1.165, 1.54) is 146 Å². The van der Waals surface area contributed by atoms with Crippen molar-refractivity contribution in [3.05, 3.63) is 241 Å². The highest BCUT2D eigenvalue weighted by Gasteiger charge is 2.30. The Morgan fingerprint density at radius 1 is 0.347 bits per heavy atom. The Bertz CT molecular complexity index is 4450. The summed E-state index contributed by atoms with van der Waals surface area (Å²) in [6.45, 7) is 0. The van der Waals surface area contributed by atoms with Crippen molar-refractivity contribution in [2.24, 2.45) is 0 Å². The Labute approximate surface area is 425 Å². The fourth-order valence-corrected chi connectivity index (χ4v) is 14.7. The van der Waals surface area contributed by atoms with Crippen molar-refractivity contribution in [1.29, 1.82) is 0 Å². The van der Waals surface area contributed by atoms with Crippen molar-refractivity contribution in [2.75, 3.05) is 9.80 Å². The van der Waals surface area contributed by atoms with E-state index in [-0.39, 0.29) is 0 Å². The van der Waals surface area contributed by atoms with E-state index in [0.29, 0.717) is 0 Å². The summed E-state index contributed by atoms with van der Waals surface area (Å²) in [5, 5.41) is 17.8. The van der Waals surface area contributed by atoms with E-state index in [0.717, 1.165) is 18.5 Å². The van der Waals surface area contributed by atoms with Crippen LogP contribution in [0.1, 0.15) is 12.8 Å².